The highest BCUT2D eigenvalue weighted by molar-refractivity contribution is 7.14. The zero-order valence-electron chi connectivity index (χ0n) is 10.3. The number of carbonyl (C=O) groups excluding carboxylic acids is 1. The topological polar surface area (TPSA) is 62.1 Å². The number of hydrogen-bond donors (Lipinski definition) is 1. The molecule has 4 nitrogen and oxygen atoms in total. The average Bonchev–Trinajstić information content (AvgIpc) is 2.84. The Morgan fingerprint density at radius 1 is 1.47 bits per heavy atom. The molecule has 0 radical (unpaired) electrons. The third kappa shape index (κ3) is 3.57. The van der Waals surface area contributed by atoms with Crippen LogP contribution in [-0.4, -0.2) is 12.5 Å². The molecule has 19 heavy (non-hydrogen) atoms. The monoisotopic (exact) mass is 272 g/mol. The molecule has 1 aromatic heterocycles. The van der Waals surface area contributed by atoms with Gasteiger partial charge in [0, 0.05) is 0 Å². The van der Waals surface area contributed by atoms with Crippen molar-refractivity contribution in [1.82, 2.24) is 0 Å². The molecule has 1 aromatic carbocycles. The summed E-state index contributed by atoms with van der Waals surface area (Å²) in [5.74, 6) is 0.377. The summed E-state index contributed by atoms with van der Waals surface area (Å²) in [6.07, 6.45) is 0. The van der Waals surface area contributed by atoms with E-state index in [1.807, 2.05) is 31.2 Å². The highest BCUT2D eigenvalue weighted by Gasteiger charge is 2.08. The molecular weight excluding hydrogens is 260 g/mol. The number of thiophene rings is 1. The molecule has 0 aliphatic heterocycles. The normalized spacial score (nSPS) is 9.68. The fraction of sp³-hybridized carbons (Fsp3) is 0.143. The Hall–Kier alpha value is -2.32. The Balaban J connectivity index is 1.91. The molecule has 0 spiro atoms. The van der Waals surface area contributed by atoms with E-state index in [1.165, 1.54) is 11.3 Å². The number of anilines is 1. The van der Waals surface area contributed by atoms with E-state index < -0.39 is 0 Å². The van der Waals surface area contributed by atoms with E-state index in [1.54, 1.807) is 17.5 Å². The molecule has 0 atom stereocenters. The van der Waals surface area contributed by atoms with Crippen LogP contribution in [-0.2, 0) is 4.79 Å². The van der Waals surface area contributed by atoms with Crippen LogP contribution in [0.1, 0.15) is 11.1 Å². The van der Waals surface area contributed by atoms with Crippen LogP contribution in [0.25, 0.3) is 0 Å². The van der Waals surface area contributed by atoms with E-state index in [4.69, 9.17) is 10.00 Å². The molecule has 1 heterocycles. The van der Waals surface area contributed by atoms with Crippen LogP contribution < -0.4 is 10.1 Å². The maximum absolute atomic E-state index is 11.7. The average molecular weight is 272 g/mol. The van der Waals surface area contributed by atoms with Crippen LogP contribution in [0.4, 0.5) is 5.00 Å². The standard InChI is InChI=1S/C14H12N2O2S/c1-10-3-2-4-12(7-10)18-9-13(17)16-14-11(8-15)5-6-19-14/h2-7H,9H2,1H3,(H,16,17). The molecule has 0 unspecified atom stereocenters. The predicted octanol–water partition coefficient (Wildman–Crippen LogP) is 2.95. The lowest BCUT2D eigenvalue weighted by atomic mass is 10.2. The van der Waals surface area contributed by atoms with E-state index >= 15 is 0 Å². The van der Waals surface area contributed by atoms with Gasteiger partial charge < -0.3 is 10.1 Å². The van der Waals surface area contributed by atoms with Gasteiger partial charge in [0.25, 0.3) is 5.91 Å². The van der Waals surface area contributed by atoms with Crippen molar-refractivity contribution in [1.29, 1.82) is 5.26 Å². The number of benzene rings is 1. The van der Waals surface area contributed by atoms with E-state index in [2.05, 4.69) is 5.32 Å². The fourth-order valence-electron chi connectivity index (χ4n) is 1.51. The van der Waals surface area contributed by atoms with Gasteiger partial charge in [0.1, 0.15) is 16.8 Å². The number of aryl methyl sites for hydroxylation is 1. The summed E-state index contributed by atoms with van der Waals surface area (Å²) in [6, 6.07) is 11.2. The molecule has 96 valence electrons. The second-order valence-electron chi connectivity index (χ2n) is 3.93. The number of nitrogens with zero attached hydrogens (tertiary/aromatic N) is 1. The maximum Gasteiger partial charge on any atom is 0.262 e. The summed E-state index contributed by atoms with van der Waals surface area (Å²) in [4.78, 5) is 11.7. The van der Waals surface area contributed by atoms with Crippen LogP contribution in [0.5, 0.6) is 5.75 Å². The molecule has 0 fully saturated rings. The predicted molar refractivity (Wildman–Crippen MR) is 74.3 cm³/mol. The largest absolute Gasteiger partial charge is 0.484 e. The van der Waals surface area contributed by atoms with Crippen molar-refractivity contribution < 1.29 is 9.53 Å². The van der Waals surface area contributed by atoms with Crippen molar-refractivity contribution >= 4 is 22.2 Å². The molecule has 0 saturated heterocycles. The van der Waals surface area contributed by atoms with Crippen LogP contribution in [0.15, 0.2) is 35.7 Å². The number of hydrogen-bond acceptors (Lipinski definition) is 4. The summed E-state index contributed by atoms with van der Waals surface area (Å²) < 4.78 is 5.38. The van der Waals surface area contributed by atoms with Crippen LogP contribution in [0.2, 0.25) is 0 Å². The number of ether oxygens (including phenoxy) is 1. The van der Waals surface area contributed by atoms with Crippen molar-refractivity contribution in [2.75, 3.05) is 11.9 Å². The van der Waals surface area contributed by atoms with Gasteiger partial charge in [-0.05, 0) is 36.1 Å². The first-order chi connectivity index (χ1) is 9.19. The fourth-order valence-corrected chi connectivity index (χ4v) is 2.26. The number of rotatable bonds is 4. The van der Waals surface area contributed by atoms with Gasteiger partial charge in [-0.2, -0.15) is 5.26 Å². The third-order valence-corrected chi connectivity index (χ3v) is 3.23. The van der Waals surface area contributed by atoms with Crippen molar-refractivity contribution in [3.63, 3.8) is 0 Å². The first-order valence-corrected chi connectivity index (χ1v) is 6.54. The molecule has 0 saturated carbocycles. The van der Waals surface area contributed by atoms with E-state index in [0.717, 1.165) is 5.56 Å². The van der Waals surface area contributed by atoms with Crippen molar-refractivity contribution in [3.05, 3.63) is 46.8 Å². The number of nitrogens with one attached hydrogen (secondary N) is 1. The number of carbonyl (C=O) groups is 1. The molecular formula is C14H12N2O2S. The van der Waals surface area contributed by atoms with Crippen LogP contribution in [0, 0.1) is 18.3 Å². The molecule has 0 bridgehead atoms. The van der Waals surface area contributed by atoms with Crippen molar-refractivity contribution in [2.24, 2.45) is 0 Å². The zero-order chi connectivity index (χ0) is 13.7. The van der Waals surface area contributed by atoms with Crippen molar-refractivity contribution in [3.8, 4) is 11.8 Å². The summed E-state index contributed by atoms with van der Waals surface area (Å²) in [5, 5.41) is 13.8. The lowest BCUT2D eigenvalue weighted by molar-refractivity contribution is -0.118. The molecule has 2 rings (SSSR count). The Kier molecular flexibility index (Phi) is 4.16. The molecule has 2 aromatic rings. The molecule has 5 heteroatoms. The van der Waals surface area contributed by atoms with Gasteiger partial charge in [-0.25, -0.2) is 0 Å². The Morgan fingerprint density at radius 3 is 3.05 bits per heavy atom. The third-order valence-electron chi connectivity index (χ3n) is 2.40. The van der Waals surface area contributed by atoms with Crippen molar-refractivity contribution in [2.45, 2.75) is 6.92 Å². The molecule has 0 aliphatic rings. The van der Waals surface area contributed by atoms with E-state index in [9.17, 15) is 4.79 Å². The van der Waals surface area contributed by atoms with Gasteiger partial charge in [0.2, 0.25) is 0 Å². The number of amides is 1. The summed E-state index contributed by atoms with van der Waals surface area (Å²) >= 11 is 1.32. The highest BCUT2D eigenvalue weighted by Crippen LogP contribution is 2.22. The Morgan fingerprint density at radius 2 is 2.32 bits per heavy atom. The lowest BCUT2D eigenvalue weighted by Crippen LogP contribution is -2.20. The second kappa shape index (κ2) is 6.03. The second-order valence-corrected chi connectivity index (χ2v) is 4.84. The smallest absolute Gasteiger partial charge is 0.262 e. The minimum Gasteiger partial charge on any atom is -0.484 e. The summed E-state index contributed by atoms with van der Waals surface area (Å²) in [6.45, 7) is 1.88. The van der Waals surface area contributed by atoms with Gasteiger partial charge in [-0.15, -0.1) is 11.3 Å². The number of nitriles is 1. The van der Waals surface area contributed by atoms with E-state index in [-0.39, 0.29) is 12.5 Å². The molecule has 0 aliphatic carbocycles. The van der Waals surface area contributed by atoms with Gasteiger partial charge in [0.15, 0.2) is 6.61 Å². The van der Waals surface area contributed by atoms with Gasteiger partial charge >= 0.3 is 0 Å². The van der Waals surface area contributed by atoms with Gasteiger partial charge in [0.05, 0.1) is 5.56 Å². The minimum absolute atomic E-state index is 0.0772. The summed E-state index contributed by atoms with van der Waals surface area (Å²) in [5.41, 5.74) is 1.54. The summed E-state index contributed by atoms with van der Waals surface area (Å²) in [7, 11) is 0. The SMILES string of the molecule is Cc1cccc(OCC(=O)Nc2sccc2C#N)c1. The van der Waals surface area contributed by atoms with Crippen LogP contribution >= 0.6 is 11.3 Å². The maximum atomic E-state index is 11.7. The Labute approximate surface area is 115 Å². The zero-order valence-corrected chi connectivity index (χ0v) is 11.2. The van der Waals surface area contributed by atoms with Crippen LogP contribution in [0.3, 0.4) is 0 Å². The highest BCUT2D eigenvalue weighted by atomic mass is 32.1. The lowest BCUT2D eigenvalue weighted by Gasteiger charge is -2.07. The van der Waals surface area contributed by atoms with Gasteiger partial charge in [-0.3, -0.25) is 4.79 Å². The molecule has 1 amide bonds. The minimum atomic E-state index is -0.277. The first kappa shape index (κ1) is 13.1. The quantitative estimate of drug-likeness (QED) is 0.930. The molecule has 1 N–H and O–H groups in total. The van der Waals surface area contributed by atoms with E-state index in [0.29, 0.717) is 16.3 Å². The van der Waals surface area contributed by atoms with Gasteiger partial charge in [-0.1, -0.05) is 12.1 Å². The Bertz CT molecular complexity index is 628. The first-order valence-electron chi connectivity index (χ1n) is 5.66.